The molecule has 3 N–H and O–H groups in total. The van der Waals surface area contributed by atoms with Crippen LogP contribution in [0, 0.1) is 0 Å². The number of carboxylic acid groups (broad SMARTS) is 1. The summed E-state index contributed by atoms with van der Waals surface area (Å²) in [5.74, 6) is -1.02. The molecule has 64 valence electrons. The molecule has 1 aromatic heterocycles. The van der Waals surface area contributed by atoms with Crippen molar-refractivity contribution in [1.82, 2.24) is 10.2 Å². The highest BCUT2D eigenvalue weighted by Gasteiger charge is 1.99. The van der Waals surface area contributed by atoms with Gasteiger partial charge in [0, 0.05) is 6.20 Å². The predicted molar refractivity (Wildman–Crippen MR) is 41.0 cm³/mol. The van der Waals surface area contributed by atoms with Crippen LogP contribution in [0.5, 0.6) is 0 Å². The van der Waals surface area contributed by atoms with Gasteiger partial charge in [-0.15, -0.1) is 0 Å². The van der Waals surface area contributed by atoms with Crippen LogP contribution in [-0.2, 0) is 4.79 Å². The number of hydrogen-bond donors (Lipinski definition) is 3. The molecule has 12 heavy (non-hydrogen) atoms. The smallest absolute Gasteiger partial charge is 0.322 e. The van der Waals surface area contributed by atoms with Gasteiger partial charge in [0.15, 0.2) is 0 Å². The van der Waals surface area contributed by atoms with Crippen molar-refractivity contribution in [3.05, 3.63) is 22.6 Å². The van der Waals surface area contributed by atoms with E-state index >= 15 is 0 Å². The monoisotopic (exact) mass is 169 g/mol. The zero-order valence-corrected chi connectivity index (χ0v) is 6.07. The first-order chi connectivity index (χ1) is 5.70. The second-order valence-corrected chi connectivity index (χ2v) is 2.05. The van der Waals surface area contributed by atoms with Crippen LogP contribution < -0.4 is 10.9 Å². The Morgan fingerprint density at radius 1 is 1.75 bits per heavy atom. The quantitative estimate of drug-likeness (QED) is 0.554. The van der Waals surface area contributed by atoms with E-state index in [4.69, 9.17) is 5.11 Å². The van der Waals surface area contributed by atoms with Gasteiger partial charge in [-0.2, -0.15) is 5.10 Å². The second kappa shape index (κ2) is 3.51. The van der Waals surface area contributed by atoms with Crippen LogP contribution in [0.25, 0.3) is 0 Å². The van der Waals surface area contributed by atoms with Crippen molar-refractivity contribution in [2.24, 2.45) is 0 Å². The van der Waals surface area contributed by atoms with Gasteiger partial charge in [0.2, 0.25) is 0 Å². The number of nitrogens with zero attached hydrogens (tertiary/aromatic N) is 1. The number of aliphatic carboxylic acids is 1. The molecule has 0 saturated carbocycles. The molecule has 1 heterocycles. The maximum absolute atomic E-state index is 10.9. The number of aromatic amines is 1. The summed E-state index contributed by atoms with van der Waals surface area (Å²) >= 11 is 0. The van der Waals surface area contributed by atoms with Crippen LogP contribution in [0.3, 0.4) is 0 Å². The van der Waals surface area contributed by atoms with Crippen molar-refractivity contribution in [3.8, 4) is 0 Å². The SMILES string of the molecule is O=C(O)CNc1ccn[nH]c1=O. The lowest BCUT2D eigenvalue weighted by Crippen LogP contribution is -2.19. The number of carbonyl (C=O) groups is 1. The van der Waals surface area contributed by atoms with Gasteiger partial charge < -0.3 is 10.4 Å². The van der Waals surface area contributed by atoms with E-state index in [0.29, 0.717) is 0 Å². The van der Waals surface area contributed by atoms with E-state index in [1.165, 1.54) is 12.3 Å². The lowest BCUT2D eigenvalue weighted by molar-refractivity contribution is -0.134. The molecular weight excluding hydrogens is 162 g/mol. The molecule has 0 unspecified atom stereocenters. The van der Waals surface area contributed by atoms with E-state index in [9.17, 15) is 9.59 Å². The number of anilines is 1. The van der Waals surface area contributed by atoms with Crippen LogP contribution in [0.1, 0.15) is 0 Å². The van der Waals surface area contributed by atoms with E-state index in [-0.39, 0.29) is 12.2 Å². The fourth-order valence-corrected chi connectivity index (χ4v) is 0.654. The van der Waals surface area contributed by atoms with E-state index in [1.807, 2.05) is 0 Å². The third-order valence-electron chi connectivity index (χ3n) is 1.16. The zero-order chi connectivity index (χ0) is 8.97. The van der Waals surface area contributed by atoms with Crippen molar-refractivity contribution < 1.29 is 9.90 Å². The molecule has 0 atom stereocenters. The standard InChI is InChI=1S/C6H7N3O3/c10-5(11)3-7-4-1-2-8-9-6(4)12/h1-2H,3H2,(H,7,8)(H,9,12)(H,10,11). The molecule has 0 bridgehead atoms. The lowest BCUT2D eigenvalue weighted by atomic mass is 10.4. The van der Waals surface area contributed by atoms with E-state index in [1.54, 1.807) is 0 Å². The largest absolute Gasteiger partial charge is 0.480 e. The number of carboxylic acids is 1. The van der Waals surface area contributed by atoms with Gasteiger partial charge >= 0.3 is 5.97 Å². The molecule has 0 aliphatic carbocycles. The molecule has 6 heteroatoms. The van der Waals surface area contributed by atoms with Crippen molar-refractivity contribution in [2.45, 2.75) is 0 Å². The summed E-state index contributed by atoms with van der Waals surface area (Å²) in [7, 11) is 0. The maximum atomic E-state index is 10.9. The molecular formula is C6H7N3O3. The van der Waals surface area contributed by atoms with Crippen molar-refractivity contribution in [3.63, 3.8) is 0 Å². The third-order valence-corrected chi connectivity index (χ3v) is 1.16. The molecule has 0 aromatic carbocycles. The Labute approximate surface area is 67.2 Å². The molecule has 1 aromatic rings. The summed E-state index contributed by atoms with van der Waals surface area (Å²) in [6.07, 6.45) is 1.37. The van der Waals surface area contributed by atoms with Gasteiger partial charge in [-0.05, 0) is 6.07 Å². The minimum absolute atomic E-state index is 0.201. The first kappa shape index (κ1) is 8.25. The van der Waals surface area contributed by atoms with E-state index in [0.717, 1.165) is 0 Å². The highest BCUT2D eigenvalue weighted by Crippen LogP contribution is 1.92. The lowest BCUT2D eigenvalue weighted by Gasteiger charge is -1.99. The van der Waals surface area contributed by atoms with Crippen LogP contribution in [0.4, 0.5) is 5.69 Å². The molecule has 0 spiro atoms. The second-order valence-electron chi connectivity index (χ2n) is 2.05. The Kier molecular flexibility index (Phi) is 2.42. The number of rotatable bonds is 3. The van der Waals surface area contributed by atoms with Crippen LogP contribution in [0.15, 0.2) is 17.1 Å². The fourth-order valence-electron chi connectivity index (χ4n) is 0.654. The summed E-state index contributed by atoms with van der Waals surface area (Å²) in [6.45, 7) is -0.285. The summed E-state index contributed by atoms with van der Waals surface area (Å²) < 4.78 is 0. The Morgan fingerprint density at radius 2 is 2.50 bits per heavy atom. The van der Waals surface area contributed by atoms with Gasteiger partial charge in [-0.25, -0.2) is 5.10 Å². The van der Waals surface area contributed by atoms with Gasteiger partial charge in [-0.3, -0.25) is 9.59 Å². The summed E-state index contributed by atoms with van der Waals surface area (Å²) in [5, 5.41) is 16.3. The number of nitrogens with one attached hydrogen (secondary N) is 2. The van der Waals surface area contributed by atoms with Crippen LogP contribution >= 0.6 is 0 Å². The Hall–Kier alpha value is -1.85. The van der Waals surface area contributed by atoms with E-state index < -0.39 is 11.5 Å². The highest BCUT2D eigenvalue weighted by molar-refractivity contribution is 5.72. The normalized spacial score (nSPS) is 9.33. The molecule has 0 aliphatic rings. The minimum atomic E-state index is -1.02. The van der Waals surface area contributed by atoms with Gasteiger partial charge in [0.1, 0.15) is 12.2 Å². The average molecular weight is 169 g/mol. The first-order valence-corrected chi connectivity index (χ1v) is 3.19. The Morgan fingerprint density at radius 3 is 3.08 bits per heavy atom. The molecule has 0 saturated heterocycles. The summed E-state index contributed by atoms with van der Waals surface area (Å²) in [4.78, 5) is 21.0. The maximum Gasteiger partial charge on any atom is 0.322 e. The number of H-pyrrole nitrogens is 1. The fraction of sp³-hybridized carbons (Fsp3) is 0.167. The van der Waals surface area contributed by atoms with E-state index in [2.05, 4.69) is 15.5 Å². The van der Waals surface area contributed by atoms with Gasteiger partial charge in [0.25, 0.3) is 5.56 Å². The van der Waals surface area contributed by atoms with Crippen LogP contribution in [-0.4, -0.2) is 27.8 Å². The zero-order valence-electron chi connectivity index (χ0n) is 6.07. The van der Waals surface area contributed by atoms with Crippen molar-refractivity contribution >= 4 is 11.7 Å². The molecule has 6 nitrogen and oxygen atoms in total. The van der Waals surface area contributed by atoms with Crippen LogP contribution in [0.2, 0.25) is 0 Å². The van der Waals surface area contributed by atoms with Crippen molar-refractivity contribution in [2.75, 3.05) is 11.9 Å². The topological polar surface area (TPSA) is 95.1 Å². The highest BCUT2D eigenvalue weighted by atomic mass is 16.4. The molecule has 0 amide bonds. The predicted octanol–water partition coefficient (Wildman–Crippen LogP) is -0.734. The Balaban J connectivity index is 2.70. The molecule has 0 fully saturated rings. The average Bonchev–Trinajstić information content (AvgIpc) is 2.03. The summed E-state index contributed by atoms with van der Waals surface area (Å²) in [6, 6.07) is 1.40. The minimum Gasteiger partial charge on any atom is -0.480 e. The van der Waals surface area contributed by atoms with Crippen molar-refractivity contribution in [1.29, 1.82) is 0 Å². The van der Waals surface area contributed by atoms with Gasteiger partial charge in [-0.1, -0.05) is 0 Å². The molecule has 0 aliphatic heterocycles. The Bertz CT molecular complexity index is 333. The van der Waals surface area contributed by atoms with Gasteiger partial charge in [0.05, 0.1) is 0 Å². The first-order valence-electron chi connectivity index (χ1n) is 3.19. The summed E-state index contributed by atoms with van der Waals surface area (Å²) in [5.41, 5.74) is -0.230. The third kappa shape index (κ3) is 2.08. The molecule has 0 radical (unpaired) electrons. The number of hydrogen-bond acceptors (Lipinski definition) is 4. The number of aromatic nitrogens is 2. The molecule has 1 rings (SSSR count).